The van der Waals surface area contributed by atoms with Crippen molar-refractivity contribution in [2.45, 2.75) is 6.54 Å². The van der Waals surface area contributed by atoms with Gasteiger partial charge < -0.3 is 0 Å². The van der Waals surface area contributed by atoms with Gasteiger partial charge in [-0.15, -0.1) is 0 Å². The molecule has 0 aliphatic heterocycles. The van der Waals surface area contributed by atoms with Crippen molar-refractivity contribution in [2.24, 2.45) is 5.18 Å². The van der Waals surface area contributed by atoms with E-state index in [1.54, 1.807) is 0 Å². The van der Waals surface area contributed by atoms with Gasteiger partial charge in [-0.1, -0.05) is 17.3 Å². The van der Waals surface area contributed by atoms with Gasteiger partial charge in [-0.3, -0.25) is 0 Å². The van der Waals surface area contributed by atoms with E-state index in [-0.39, 0.29) is 6.54 Å². The fourth-order valence-electron chi connectivity index (χ4n) is 0.664. The standard InChI is InChI=1S/C7H6INO/c8-7-3-1-6(2-4-7)5-9-10/h1-4H,5H2/i8-4. The van der Waals surface area contributed by atoms with Gasteiger partial charge in [-0.25, -0.2) is 0 Å². The minimum Gasteiger partial charge on any atom is -0.150 e. The molecule has 0 aromatic heterocycles. The predicted molar refractivity (Wildman–Crippen MR) is 48.7 cm³/mol. The molecule has 0 saturated heterocycles. The molecule has 1 rings (SSSR count). The van der Waals surface area contributed by atoms with E-state index in [2.05, 4.69) is 27.8 Å². The van der Waals surface area contributed by atoms with Crippen LogP contribution in [0.3, 0.4) is 0 Å². The SMILES string of the molecule is O=NCc1ccc([123I])cc1. The average molecular weight is 243 g/mol. The molecule has 2 nitrogen and oxygen atoms in total. The Bertz CT molecular complexity index is 220. The number of benzene rings is 1. The monoisotopic (exact) mass is 243 g/mol. The van der Waals surface area contributed by atoms with Crippen LogP contribution in [0.25, 0.3) is 0 Å². The molecule has 0 atom stereocenters. The van der Waals surface area contributed by atoms with Crippen molar-refractivity contribution in [3.05, 3.63) is 38.3 Å². The molecule has 0 fully saturated rings. The summed E-state index contributed by atoms with van der Waals surface area (Å²) in [5.41, 5.74) is 0.968. The second-order valence-electron chi connectivity index (χ2n) is 1.91. The summed E-state index contributed by atoms with van der Waals surface area (Å²) >= 11 is 2.22. The molecular formula is C7H6INO. The second-order valence-corrected chi connectivity index (χ2v) is 3.16. The van der Waals surface area contributed by atoms with Crippen LogP contribution in [0.1, 0.15) is 5.56 Å². The average Bonchev–Trinajstić information content (AvgIpc) is 1.95. The number of rotatable bonds is 2. The molecule has 0 aliphatic carbocycles. The largest absolute Gasteiger partial charge is 0.150 e. The molecule has 0 amide bonds. The lowest BCUT2D eigenvalue weighted by Gasteiger charge is -1.92. The maximum atomic E-state index is 9.81. The molecule has 0 bridgehead atoms. The number of halogens is 1. The number of hydrogen-bond acceptors (Lipinski definition) is 2. The fraction of sp³-hybridized carbons (Fsp3) is 0.143. The van der Waals surface area contributed by atoms with E-state index in [1.165, 1.54) is 3.57 Å². The van der Waals surface area contributed by atoms with Crippen molar-refractivity contribution in [1.82, 2.24) is 0 Å². The molecule has 0 N–H and O–H groups in total. The lowest BCUT2D eigenvalue weighted by atomic mass is 10.2. The molecular weight excluding hydrogens is 237 g/mol. The summed E-state index contributed by atoms with van der Waals surface area (Å²) in [5, 5.41) is 2.78. The van der Waals surface area contributed by atoms with E-state index in [0.29, 0.717) is 0 Å². The first kappa shape index (κ1) is 7.65. The minimum absolute atomic E-state index is 0.275. The lowest BCUT2D eigenvalue weighted by molar-refractivity contribution is 1.05. The first-order valence-corrected chi connectivity index (χ1v) is 3.94. The maximum Gasteiger partial charge on any atom is 0.106 e. The number of nitrogens with zero attached hydrogens (tertiary/aromatic N) is 1. The van der Waals surface area contributed by atoms with Crippen LogP contribution in [0.15, 0.2) is 29.4 Å². The Morgan fingerprint density at radius 2 is 1.90 bits per heavy atom. The van der Waals surface area contributed by atoms with E-state index < -0.39 is 0 Å². The van der Waals surface area contributed by atoms with Crippen molar-refractivity contribution < 1.29 is 0 Å². The summed E-state index contributed by atoms with van der Waals surface area (Å²) in [6.45, 7) is 0.275. The van der Waals surface area contributed by atoms with Crippen LogP contribution in [-0.2, 0) is 6.54 Å². The Kier molecular flexibility index (Phi) is 2.80. The van der Waals surface area contributed by atoms with Gasteiger partial charge in [-0.2, -0.15) is 4.91 Å². The normalized spacial score (nSPS) is 9.30. The topological polar surface area (TPSA) is 29.4 Å². The minimum atomic E-state index is 0.275. The van der Waals surface area contributed by atoms with Gasteiger partial charge in [0.2, 0.25) is 0 Å². The molecule has 0 saturated carbocycles. The van der Waals surface area contributed by atoms with E-state index in [1.807, 2.05) is 24.3 Å². The van der Waals surface area contributed by atoms with Crippen molar-refractivity contribution in [2.75, 3.05) is 0 Å². The Hall–Kier alpha value is -0.450. The molecule has 52 valence electrons. The maximum absolute atomic E-state index is 9.81. The van der Waals surface area contributed by atoms with Crippen LogP contribution < -0.4 is 0 Å². The molecule has 10 heavy (non-hydrogen) atoms. The Labute approximate surface area is 72.8 Å². The van der Waals surface area contributed by atoms with Gasteiger partial charge in [-0.05, 0) is 40.3 Å². The highest BCUT2D eigenvalue weighted by atomic mass is 123. The third-order valence-corrected chi connectivity index (χ3v) is 1.88. The molecule has 1 aromatic rings. The van der Waals surface area contributed by atoms with Gasteiger partial charge in [0.25, 0.3) is 0 Å². The fourth-order valence-corrected chi connectivity index (χ4v) is 1.02. The van der Waals surface area contributed by atoms with Crippen molar-refractivity contribution >= 4 is 22.6 Å². The third kappa shape index (κ3) is 2.06. The van der Waals surface area contributed by atoms with E-state index in [0.717, 1.165) is 5.56 Å². The number of nitroso groups, excluding NO2 is 1. The van der Waals surface area contributed by atoms with Gasteiger partial charge in [0, 0.05) is 3.57 Å². The highest BCUT2D eigenvalue weighted by Crippen LogP contribution is 2.06. The van der Waals surface area contributed by atoms with Crippen molar-refractivity contribution in [1.29, 1.82) is 0 Å². The van der Waals surface area contributed by atoms with Gasteiger partial charge in [0.15, 0.2) is 0 Å². The molecule has 0 heterocycles. The predicted octanol–water partition coefficient (Wildman–Crippen LogP) is 2.56. The summed E-state index contributed by atoms with van der Waals surface area (Å²) in [6.07, 6.45) is 0. The smallest absolute Gasteiger partial charge is 0.106 e. The first-order valence-electron chi connectivity index (χ1n) is 2.86. The summed E-state index contributed by atoms with van der Waals surface area (Å²) in [4.78, 5) is 9.81. The van der Waals surface area contributed by atoms with Crippen LogP contribution in [0.2, 0.25) is 0 Å². The van der Waals surface area contributed by atoms with Crippen LogP contribution in [0.5, 0.6) is 0 Å². The highest BCUT2D eigenvalue weighted by molar-refractivity contribution is 14.1. The van der Waals surface area contributed by atoms with Crippen LogP contribution >= 0.6 is 22.6 Å². The van der Waals surface area contributed by atoms with Gasteiger partial charge >= 0.3 is 0 Å². The zero-order valence-corrected chi connectivity index (χ0v) is 7.41. The summed E-state index contributed by atoms with van der Waals surface area (Å²) in [5.74, 6) is 0. The molecule has 3 heteroatoms. The highest BCUT2D eigenvalue weighted by Gasteiger charge is 1.89. The van der Waals surface area contributed by atoms with Crippen molar-refractivity contribution in [3.8, 4) is 0 Å². The van der Waals surface area contributed by atoms with E-state index in [4.69, 9.17) is 0 Å². The van der Waals surface area contributed by atoms with Crippen LogP contribution in [-0.4, -0.2) is 0 Å². The Morgan fingerprint density at radius 3 is 2.40 bits per heavy atom. The Morgan fingerprint density at radius 1 is 1.30 bits per heavy atom. The van der Waals surface area contributed by atoms with Crippen molar-refractivity contribution in [3.63, 3.8) is 0 Å². The first-order chi connectivity index (χ1) is 4.83. The van der Waals surface area contributed by atoms with Gasteiger partial charge in [0.1, 0.15) is 6.54 Å². The molecule has 0 unspecified atom stereocenters. The van der Waals surface area contributed by atoms with Crippen LogP contribution in [0.4, 0.5) is 0 Å². The molecule has 0 radical (unpaired) electrons. The lowest BCUT2D eigenvalue weighted by Crippen LogP contribution is -1.78. The third-order valence-electron chi connectivity index (χ3n) is 1.16. The van der Waals surface area contributed by atoms with E-state index in [9.17, 15) is 4.91 Å². The summed E-state index contributed by atoms with van der Waals surface area (Å²) in [7, 11) is 0. The van der Waals surface area contributed by atoms with E-state index >= 15 is 0 Å². The molecule has 0 spiro atoms. The molecule has 1 aromatic carbocycles. The molecule has 0 aliphatic rings. The van der Waals surface area contributed by atoms with Crippen LogP contribution in [0, 0.1) is 8.48 Å². The quantitative estimate of drug-likeness (QED) is 0.579. The van der Waals surface area contributed by atoms with Gasteiger partial charge in [0.05, 0.1) is 0 Å². The number of hydrogen-bond donors (Lipinski definition) is 0. The Balaban J connectivity index is 2.78. The summed E-state index contributed by atoms with van der Waals surface area (Å²) in [6, 6.07) is 7.73. The zero-order chi connectivity index (χ0) is 7.40. The second kappa shape index (κ2) is 3.65. The zero-order valence-electron chi connectivity index (χ0n) is 5.25. The summed E-state index contributed by atoms with van der Waals surface area (Å²) < 4.78 is 1.17.